The molecule has 26 heavy (non-hydrogen) atoms. The van der Waals surface area contributed by atoms with Gasteiger partial charge in [0.05, 0.1) is 24.2 Å². The molecule has 0 aliphatic rings. The summed E-state index contributed by atoms with van der Waals surface area (Å²) in [5.41, 5.74) is 0. The van der Waals surface area contributed by atoms with Crippen molar-refractivity contribution in [3.05, 3.63) is 0 Å². The summed E-state index contributed by atoms with van der Waals surface area (Å²) in [4.78, 5) is 11.6. The minimum absolute atomic E-state index is 0. The summed E-state index contributed by atoms with van der Waals surface area (Å²) in [6, 6.07) is 0. The maximum absolute atomic E-state index is 11.6. The Morgan fingerprint density at radius 3 is 2.19 bits per heavy atom. The molecule has 1 atom stereocenters. The molecule has 0 bridgehead atoms. The quantitative estimate of drug-likeness (QED) is 0.125. The van der Waals surface area contributed by atoms with Gasteiger partial charge in [-0.2, -0.15) is 4.65 Å². The van der Waals surface area contributed by atoms with Gasteiger partial charge in [-0.25, -0.2) is 13.6 Å². The molecule has 0 saturated carbocycles. The Labute approximate surface area is 181 Å². The third kappa shape index (κ3) is 17.7. The average molecular weight is 404 g/mol. The van der Waals surface area contributed by atoms with Crippen LogP contribution in [0, 0.1) is 0 Å². The van der Waals surface area contributed by atoms with Gasteiger partial charge in [-0.1, -0.05) is 39.0 Å². The van der Waals surface area contributed by atoms with Crippen molar-refractivity contribution in [2.75, 3.05) is 27.2 Å². The fraction of sp³-hybridized carbons (Fsp3) is 0.941. The van der Waals surface area contributed by atoms with E-state index in [1.165, 1.54) is 0 Å². The minimum Gasteiger partial charge on any atom is -0.748 e. The maximum Gasteiger partial charge on any atom is 1.00 e. The molecule has 0 aliphatic carbocycles. The number of hydrogen-bond acceptors (Lipinski definition) is 5. The third-order valence-electron chi connectivity index (χ3n) is 4.15. The molecule has 0 rings (SSSR count). The predicted molar refractivity (Wildman–Crippen MR) is 97.1 cm³/mol. The first-order valence-corrected chi connectivity index (χ1v) is 10.8. The number of carbonyl (C=O) groups is 1. The summed E-state index contributed by atoms with van der Waals surface area (Å²) in [5, 5.41) is 11.6. The van der Waals surface area contributed by atoms with Gasteiger partial charge < -0.3 is 9.87 Å². The van der Waals surface area contributed by atoms with Crippen molar-refractivity contribution >= 4 is 16.0 Å². The summed E-state index contributed by atoms with van der Waals surface area (Å²) >= 11 is 0. The molecule has 1 unspecified atom stereocenters. The van der Waals surface area contributed by atoms with Gasteiger partial charge in [0, 0.05) is 24.6 Å². The first-order valence-electron chi connectivity index (χ1n) is 9.33. The summed E-state index contributed by atoms with van der Waals surface area (Å²) in [7, 11) is -0.789. The summed E-state index contributed by atoms with van der Waals surface area (Å²) in [6.07, 6.45) is 7.13. The van der Waals surface area contributed by atoms with Crippen LogP contribution in [0.2, 0.25) is 0 Å². The van der Waals surface area contributed by atoms with Gasteiger partial charge in [0.15, 0.2) is 0 Å². The number of nitrogens with zero attached hydrogens (tertiary/aromatic N) is 1. The number of nitrogens with one attached hydrogen (secondary N) is 1. The van der Waals surface area contributed by atoms with Crippen molar-refractivity contribution in [1.29, 1.82) is 0 Å². The second-order valence-corrected chi connectivity index (χ2v) is 8.91. The van der Waals surface area contributed by atoms with Crippen LogP contribution in [0.15, 0.2) is 0 Å². The fourth-order valence-corrected chi connectivity index (χ4v) is 3.70. The van der Waals surface area contributed by atoms with E-state index in [4.69, 9.17) is 0 Å². The monoisotopic (exact) mass is 403 g/mol. The SMILES string of the molecule is CCCC(CCCCCCCC(=O)NCCC[N+](C)(C)O)S(=O)(=O)[O-].[Na+]. The Morgan fingerprint density at radius 2 is 1.65 bits per heavy atom. The van der Waals surface area contributed by atoms with Crippen LogP contribution < -0.4 is 34.9 Å². The molecule has 0 spiro atoms. The number of rotatable bonds is 15. The second-order valence-electron chi connectivity index (χ2n) is 7.26. The first kappa shape index (κ1) is 28.5. The molecule has 0 heterocycles. The molecule has 9 heteroatoms. The number of carbonyl (C=O) groups excluding carboxylic acids is 1. The first-order chi connectivity index (χ1) is 11.6. The van der Waals surface area contributed by atoms with E-state index in [9.17, 15) is 23.0 Å². The van der Waals surface area contributed by atoms with Crippen molar-refractivity contribution in [1.82, 2.24) is 5.32 Å². The van der Waals surface area contributed by atoms with Crippen LogP contribution in [-0.2, 0) is 14.9 Å². The molecule has 1 amide bonds. The largest absolute Gasteiger partial charge is 1.00 e. The van der Waals surface area contributed by atoms with Crippen molar-refractivity contribution < 1.29 is 57.2 Å². The maximum atomic E-state index is 11.6. The molecule has 150 valence electrons. The van der Waals surface area contributed by atoms with E-state index in [2.05, 4.69) is 5.32 Å². The topological polar surface area (TPSA) is 107 Å². The Morgan fingerprint density at radius 1 is 1.08 bits per heavy atom. The van der Waals surface area contributed by atoms with E-state index >= 15 is 0 Å². The van der Waals surface area contributed by atoms with Gasteiger partial charge in [-0.05, 0) is 19.3 Å². The number of unbranched alkanes of at least 4 members (excludes halogenated alkanes) is 4. The Balaban J connectivity index is 0. The van der Waals surface area contributed by atoms with E-state index in [1.807, 2.05) is 6.92 Å². The zero-order valence-corrected chi connectivity index (χ0v) is 19.8. The molecule has 0 aromatic heterocycles. The van der Waals surface area contributed by atoms with E-state index in [0.717, 1.165) is 38.5 Å². The van der Waals surface area contributed by atoms with E-state index in [0.29, 0.717) is 38.8 Å². The van der Waals surface area contributed by atoms with Crippen molar-refractivity contribution in [3.63, 3.8) is 0 Å². The van der Waals surface area contributed by atoms with Gasteiger partial charge in [0.1, 0.15) is 6.54 Å². The van der Waals surface area contributed by atoms with Crippen LogP contribution in [0.3, 0.4) is 0 Å². The van der Waals surface area contributed by atoms with E-state index < -0.39 is 15.4 Å². The van der Waals surface area contributed by atoms with Crippen LogP contribution in [0.1, 0.15) is 71.1 Å². The van der Waals surface area contributed by atoms with Gasteiger partial charge in [0.2, 0.25) is 5.91 Å². The zero-order valence-electron chi connectivity index (χ0n) is 17.0. The number of hydrogen-bond donors (Lipinski definition) is 2. The second kappa shape index (κ2) is 15.2. The minimum atomic E-state index is -4.18. The number of amides is 1. The molecule has 0 aromatic carbocycles. The molecule has 0 aliphatic heterocycles. The molecular formula is C17H36N2NaO5S+. The molecule has 2 N–H and O–H groups in total. The van der Waals surface area contributed by atoms with Gasteiger partial charge in [0.25, 0.3) is 0 Å². The van der Waals surface area contributed by atoms with Gasteiger partial charge in [-0.15, -0.1) is 0 Å². The van der Waals surface area contributed by atoms with Gasteiger partial charge in [-0.3, -0.25) is 4.79 Å². The summed E-state index contributed by atoms with van der Waals surface area (Å²) in [6.45, 7) is 3.05. The molecule has 0 aromatic rings. The third-order valence-corrected chi connectivity index (χ3v) is 5.44. The standard InChI is InChI=1S/C17H36N2O5S.Na/c1-4-11-16(25(22,23)24)12-8-6-5-7-9-13-17(20)18-14-10-15-19(2,3)21;/h16,21H,4-15H2,1-3H3,(H-,18,20,22,23,24);/q;+1. The molecule has 0 saturated heterocycles. The Bertz CT molecular complexity index is 466. The Hall–Kier alpha value is 0.300. The van der Waals surface area contributed by atoms with Crippen molar-refractivity contribution in [2.24, 2.45) is 0 Å². The molecule has 7 nitrogen and oxygen atoms in total. The molecule has 0 fully saturated rings. The van der Waals surface area contributed by atoms with Crippen LogP contribution in [-0.4, -0.2) is 61.2 Å². The van der Waals surface area contributed by atoms with E-state index in [-0.39, 0.29) is 40.1 Å². The molecular weight excluding hydrogens is 367 g/mol. The summed E-state index contributed by atoms with van der Waals surface area (Å²) in [5.74, 6) is 0.0312. The Kier molecular flexibility index (Phi) is 16.7. The summed E-state index contributed by atoms with van der Waals surface area (Å²) < 4.78 is 33.2. The number of hydroxylamine groups is 3. The van der Waals surface area contributed by atoms with Crippen LogP contribution >= 0.6 is 0 Å². The van der Waals surface area contributed by atoms with Crippen LogP contribution in [0.5, 0.6) is 0 Å². The fourth-order valence-electron chi connectivity index (χ4n) is 2.73. The van der Waals surface area contributed by atoms with Crippen molar-refractivity contribution in [2.45, 2.75) is 76.4 Å². The zero-order chi connectivity index (χ0) is 19.3. The average Bonchev–Trinajstić information content (AvgIpc) is 2.47. The van der Waals surface area contributed by atoms with Gasteiger partial charge >= 0.3 is 29.6 Å². The normalized spacial score (nSPS) is 13.1. The van der Waals surface area contributed by atoms with E-state index in [1.54, 1.807) is 14.1 Å². The molecule has 0 radical (unpaired) electrons. The predicted octanol–water partition coefficient (Wildman–Crippen LogP) is -0.593. The smallest absolute Gasteiger partial charge is 0.748 e. The van der Waals surface area contributed by atoms with Crippen molar-refractivity contribution in [3.8, 4) is 0 Å². The number of quaternary nitrogens is 1. The van der Waals surface area contributed by atoms with Crippen LogP contribution in [0.4, 0.5) is 0 Å². The van der Waals surface area contributed by atoms with Crippen LogP contribution in [0.25, 0.3) is 0 Å².